The fourth-order valence-corrected chi connectivity index (χ4v) is 3.63. The van der Waals surface area contributed by atoms with Crippen LogP contribution in [-0.4, -0.2) is 81.0 Å². The number of ether oxygens (including phenoxy) is 2. The van der Waals surface area contributed by atoms with E-state index in [1.165, 1.54) is 4.88 Å². The summed E-state index contributed by atoms with van der Waals surface area (Å²) >= 11 is 1.73. The molecule has 2 aliphatic heterocycles. The normalized spacial score (nSPS) is 23.0. The van der Waals surface area contributed by atoms with E-state index < -0.39 is 0 Å². The zero-order chi connectivity index (χ0) is 15.9. The number of hydrogen-bond donors (Lipinski definition) is 1. The van der Waals surface area contributed by atoms with Crippen LogP contribution in [0.3, 0.4) is 0 Å². The SMILES string of the molecule is O=C(NCCc1cccs1)N1CCN(CC2COCCO2)CC1. The number of hydrogen-bond acceptors (Lipinski definition) is 5. The highest BCUT2D eigenvalue weighted by molar-refractivity contribution is 7.09. The Kier molecular flexibility index (Phi) is 6.27. The Morgan fingerprint density at radius 3 is 2.87 bits per heavy atom. The van der Waals surface area contributed by atoms with Crippen molar-refractivity contribution in [1.29, 1.82) is 0 Å². The molecule has 128 valence electrons. The minimum atomic E-state index is 0.0541. The molecule has 3 rings (SSSR count). The summed E-state index contributed by atoms with van der Waals surface area (Å²) < 4.78 is 11.1. The van der Waals surface area contributed by atoms with Crippen molar-refractivity contribution in [2.45, 2.75) is 12.5 Å². The van der Waals surface area contributed by atoms with E-state index in [0.717, 1.165) is 39.1 Å². The van der Waals surface area contributed by atoms with Gasteiger partial charge in [-0.2, -0.15) is 0 Å². The first-order valence-corrected chi connectivity index (χ1v) is 9.16. The Morgan fingerprint density at radius 2 is 2.17 bits per heavy atom. The molecule has 1 aromatic heterocycles. The van der Waals surface area contributed by atoms with E-state index in [4.69, 9.17) is 9.47 Å². The summed E-state index contributed by atoms with van der Waals surface area (Å²) in [6.45, 7) is 7.03. The maximum atomic E-state index is 12.2. The highest BCUT2D eigenvalue weighted by Crippen LogP contribution is 2.09. The molecule has 3 heterocycles. The number of piperazine rings is 1. The van der Waals surface area contributed by atoms with Crippen LogP contribution in [0.5, 0.6) is 0 Å². The molecule has 2 aliphatic rings. The van der Waals surface area contributed by atoms with Crippen LogP contribution in [0.25, 0.3) is 0 Å². The lowest BCUT2D eigenvalue weighted by molar-refractivity contribution is -0.0993. The van der Waals surface area contributed by atoms with Crippen LogP contribution < -0.4 is 5.32 Å². The van der Waals surface area contributed by atoms with Gasteiger partial charge in [-0.25, -0.2) is 4.79 Å². The quantitative estimate of drug-likeness (QED) is 0.871. The lowest BCUT2D eigenvalue weighted by atomic mass is 10.2. The van der Waals surface area contributed by atoms with Crippen molar-refractivity contribution in [2.75, 3.05) is 59.1 Å². The van der Waals surface area contributed by atoms with Gasteiger partial charge in [0.2, 0.25) is 0 Å². The Bertz CT molecular complexity index is 469. The first kappa shape index (κ1) is 16.7. The van der Waals surface area contributed by atoms with E-state index in [0.29, 0.717) is 26.4 Å². The Morgan fingerprint density at radius 1 is 1.30 bits per heavy atom. The van der Waals surface area contributed by atoms with Crippen molar-refractivity contribution in [3.63, 3.8) is 0 Å². The van der Waals surface area contributed by atoms with Gasteiger partial charge < -0.3 is 19.7 Å². The third-order valence-electron chi connectivity index (χ3n) is 4.23. The molecule has 23 heavy (non-hydrogen) atoms. The largest absolute Gasteiger partial charge is 0.376 e. The zero-order valence-electron chi connectivity index (χ0n) is 13.4. The molecule has 0 bridgehead atoms. The van der Waals surface area contributed by atoms with Gasteiger partial charge in [0.25, 0.3) is 0 Å². The Hall–Kier alpha value is -1.15. The molecule has 2 saturated heterocycles. The highest BCUT2D eigenvalue weighted by Gasteiger charge is 2.24. The molecule has 2 fully saturated rings. The van der Waals surface area contributed by atoms with Gasteiger partial charge in [-0.15, -0.1) is 11.3 Å². The number of thiophene rings is 1. The van der Waals surface area contributed by atoms with E-state index in [-0.39, 0.29) is 12.1 Å². The minimum Gasteiger partial charge on any atom is -0.376 e. The van der Waals surface area contributed by atoms with Gasteiger partial charge >= 0.3 is 6.03 Å². The van der Waals surface area contributed by atoms with E-state index >= 15 is 0 Å². The number of rotatable bonds is 5. The second-order valence-corrected chi connectivity index (χ2v) is 6.95. The average molecular weight is 339 g/mol. The number of carbonyl (C=O) groups excluding carboxylic acids is 1. The topological polar surface area (TPSA) is 54.0 Å². The minimum absolute atomic E-state index is 0.0541. The molecule has 1 aromatic rings. The van der Waals surface area contributed by atoms with Gasteiger partial charge in [-0.3, -0.25) is 4.90 Å². The summed E-state index contributed by atoms with van der Waals surface area (Å²) in [6.07, 6.45) is 1.08. The van der Waals surface area contributed by atoms with Crippen LogP contribution >= 0.6 is 11.3 Å². The summed E-state index contributed by atoms with van der Waals surface area (Å²) in [5.74, 6) is 0. The van der Waals surface area contributed by atoms with Crippen molar-refractivity contribution in [2.24, 2.45) is 0 Å². The number of urea groups is 1. The first-order valence-electron chi connectivity index (χ1n) is 8.28. The van der Waals surface area contributed by atoms with Gasteiger partial charge in [0.05, 0.1) is 25.9 Å². The van der Waals surface area contributed by atoms with Crippen LogP contribution in [0.4, 0.5) is 4.79 Å². The van der Waals surface area contributed by atoms with Crippen LogP contribution in [0.15, 0.2) is 17.5 Å². The molecule has 0 radical (unpaired) electrons. The smallest absolute Gasteiger partial charge is 0.317 e. The highest BCUT2D eigenvalue weighted by atomic mass is 32.1. The lowest BCUT2D eigenvalue weighted by Crippen LogP contribution is -2.54. The van der Waals surface area contributed by atoms with Gasteiger partial charge in [-0.05, 0) is 17.9 Å². The van der Waals surface area contributed by atoms with Gasteiger partial charge in [0.15, 0.2) is 0 Å². The van der Waals surface area contributed by atoms with Crippen molar-refractivity contribution >= 4 is 17.4 Å². The van der Waals surface area contributed by atoms with Crippen LogP contribution in [-0.2, 0) is 15.9 Å². The predicted molar refractivity (Wildman–Crippen MR) is 90.0 cm³/mol. The number of carbonyl (C=O) groups is 1. The third-order valence-corrected chi connectivity index (χ3v) is 5.17. The fraction of sp³-hybridized carbons (Fsp3) is 0.688. The molecule has 0 aromatic carbocycles. The second kappa shape index (κ2) is 8.63. The zero-order valence-corrected chi connectivity index (χ0v) is 14.2. The summed E-state index contributed by atoms with van der Waals surface area (Å²) in [6, 6.07) is 4.20. The Balaban J connectivity index is 1.32. The summed E-state index contributed by atoms with van der Waals surface area (Å²) in [5, 5.41) is 5.08. The monoisotopic (exact) mass is 339 g/mol. The molecule has 6 nitrogen and oxygen atoms in total. The molecule has 7 heteroatoms. The maximum absolute atomic E-state index is 12.2. The molecule has 1 unspecified atom stereocenters. The van der Waals surface area contributed by atoms with Crippen LogP contribution in [0.1, 0.15) is 4.88 Å². The maximum Gasteiger partial charge on any atom is 0.317 e. The van der Waals surface area contributed by atoms with E-state index in [1.807, 2.05) is 11.0 Å². The molecular formula is C16H25N3O3S. The van der Waals surface area contributed by atoms with Crippen molar-refractivity contribution < 1.29 is 14.3 Å². The summed E-state index contributed by atoms with van der Waals surface area (Å²) in [7, 11) is 0. The number of nitrogens with one attached hydrogen (secondary N) is 1. The fourth-order valence-electron chi connectivity index (χ4n) is 2.92. The first-order chi connectivity index (χ1) is 11.3. The van der Waals surface area contributed by atoms with Gasteiger partial charge in [-0.1, -0.05) is 6.07 Å². The standard InChI is InChI=1S/C16H25N3O3S/c20-16(17-4-3-15-2-1-11-23-15)19-7-5-18(6-8-19)12-14-13-21-9-10-22-14/h1-2,11,14H,3-10,12-13H2,(H,17,20). The molecule has 0 saturated carbocycles. The molecule has 1 atom stereocenters. The number of amides is 2. The average Bonchev–Trinajstić information content (AvgIpc) is 3.10. The van der Waals surface area contributed by atoms with Crippen molar-refractivity contribution in [1.82, 2.24) is 15.1 Å². The Labute approximate surface area is 141 Å². The summed E-state index contributed by atoms with van der Waals surface area (Å²) in [5.41, 5.74) is 0. The molecule has 0 spiro atoms. The molecular weight excluding hydrogens is 314 g/mol. The predicted octanol–water partition coefficient (Wildman–Crippen LogP) is 1.03. The lowest BCUT2D eigenvalue weighted by Gasteiger charge is -2.37. The van der Waals surface area contributed by atoms with Gasteiger partial charge in [0, 0.05) is 44.1 Å². The molecule has 0 aliphatic carbocycles. The van der Waals surface area contributed by atoms with Crippen LogP contribution in [0.2, 0.25) is 0 Å². The second-order valence-electron chi connectivity index (χ2n) is 5.92. The summed E-state index contributed by atoms with van der Waals surface area (Å²) in [4.78, 5) is 17.8. The van der Waals surface area contributed by atoms with E-state index in [1.54, 1.807) is 11.3 Å². The molecule has 2 amide bonds. The van der Waals surface area contributed by atoms with E-state index in [9.17, 15) is 4.79 Å². The van der Waals surface area contributed by atoms with E-state index in [2.05, 4.69) is 21.7 Å². The van der Waals surface area contributed by atoms with Crippen LogP contribution in [0, 0.1) is 0 Å². The third kappa shape index (κ3) is 5.17. The molecule has 1 N–H and O–H groups in total. The van der Waals surface area contributed by atoms with Crippen molar-refractivity contribution in [3.05, 3.63) is 22.4 Å². The number of nitrogens with zero attached hydrogens (tertiary/aromatic N) is 2. The van der Waals surface area contributed by atoms with Gasteiger partial charge in [0.1, 0.15) is 0 Å². The van der Waals surface area contributed by atoms with Crippen molar-refractivity contribution in [3.8, 4) is 0 Å².